The molecule has 0 N–H and O–H groups in total. The minimum atomic E-state index is -0.358. The first kappa shape index (κ1) is 40.6. The van der Waals surface area contributed by atoms with Crippen LogP contribution in [0.4, 0.5) is 42.9 Å². The van der Waals surface area contributed by atoms with Crippen molar-refractivity contribution in [2.45, 2.75) is 0 Å². The van der Waals surface area contributed by atoms with Crippen LogP contribution in [0.5, 0.6) is 0 Å². The highest BCUT2D eigenvalue weighted by atomic mass is 19.1. The number of hydrogen-bond acceptors (Lipinski definition) is 5. The molecule has 7 heteroatoms. The molecule has 14 rings (SSSR count). The van der Waals surface area contributed by atoms with Gasteiger partial charge in [-0.25, -0.2) is 8.78 Å². The van der Waals surface area contributed by atoms with E-state index in [2.05, 4.69) is 107 Å². The first-order chi connectivity index (χ1) is 35.1. The van der Waals surface area contributed by atoms with Crippen molar-refractivity contribution in [3.05, 3.63) is 242 Å². The molecule has 3 heterocycles. The molecule has 0 spiro atoms. The molecular weight excluding hydrogens is 883 g/mol. The number of anilines is 6. The second-order valence-corrected chi connectivity index (χ2v) is 17.8. The SMILES string of the molecule is Fc1ccc(N(c2cccc3c2oc2c(-c4ccccc4)cccc23)c2c3ccccc3c(N(c3ccc(F)cc3)c3cccc4c3oc3c(-c5ccccc5)cccc34)c3c2oc2ccccc23)cc1. The topological polar surface area (TPSA) is 45.9 Å². The summed E-state index contributed by atoms with van der Waals surface area (Å²) in [5, 5.41) is 7.22. The van der Waals surface area contributed by atoms with Gasteiger partial charge in [0.2, 0.25) is 0 Å². The lowest BCUT2D eigenvalue weighted by molar-refractivity contribution is 0.627. The fourth-order valence-electron chi connectivity index (χ4n) is 10.7. The number of benzene rings is 11. The maximum atomic E-state index is 15.1. The summed E-state index contributed by atoms with van der Waals surface area (Å²) in [6, 6.07) is 74.8. The van der Waals surface area contributed by atoms with Crippen LogP contribution in [-0.4, -0.2) is 0 Å². The fourth-order valence-corrected chi connectivity index (χ4v) is 10.7. The van der Waals surface area contributed by atoms with Crippen molar-refractivity contribution in [3.8, 4) is 22.3 Å². The predicted octanol–water partition coefficient (Wildman–Crippen LogP) is 19.1. The van der Waals surface area contributed by atoms with Gasteiger partial charge in [-0.15, -0.1) is 0 Å². The van der Waals surface area contributed by atoms with E-state index in [0.29, 0.717) is 33.7 Å². The minimum Gasteiger partial charge on any atom is -0.454 e. The molecule has 0 saturated heterocycles. The Morgan fingerprint density at radius 1 is 0.282 bits per heavy atom. The summed E-state index contributed by atoms with van der Waals surface area (Å²) in [6.45, 7) is 0. The summed E-state index contributed by atoms with van der Waals surface area (Å²) in [6.07, 6.45) is 0. The molecule has 336 valence electrons. The lowest BCUT2D eigenvalue weighted by Crippen LogP contribution is -2.14. The Morgan fingerprint density at radius 3 is 1.18 bits per heavy atom. The first-order valence-electron chi connectivity index (χ1n) is 23.5. The number of halogens is 2. The largest absolute Gasteiger partial charge is 0.454 e. The number of hydrogen-bond donors (Lipinski definition) is 0. The summed E-state index contributed by atoms with van der Waals surface area (Å²) in [4.78, 5) is 4.31. The van der Waals surface area contributed by atoms with Crippen LogP contribution in [0.25, 0.3) is 98.8 Å². The van der Waals surface area contributed by atoms with Gasteiger partial charge in [0.15, 0.2) is 16.7 Å². The van der Waals surface area contributed by atoms with Crippen molar-refractivity contribution >= 4 is 111 Å². The van der Waals surface area contributed by atoms with Gasteiger partial charge in [-0.2, -0.15) is 0 Å². The number of furan rings is 3. The van der Waals surface area contributed by atoms with E-state index in [4.69, 9.17) is 13.3 Å². The van der Waals surface area contributed by atoms with Crippen LogP contribution in [-0.2, 0) is 0 Å². The number of rotatable bonds is 8. The summed E-state index contributed by atoms with van der Waals surface area (Å²) in [5.41, 5.74) is 12.6. The molecule has 0 radical (unpaired) electrons. The average molecular weight is 921 g/mol. The van der Waals surface area contributed by atoms with Gasteiger partial charge in [0.1, 0.15) is 28.4 Å². The van der Waals surface area contributed by atoms with Gasteiger partial charge in [0.05, 0.1) is 28.1 Å². The quantitative estimate of drug-likeness (QED) is 0.142. The molecule has 0 atom stereocenters. The van der Waals surface area contributed by atoms with Gasteiger partial charge in [0.25, 0.3) is 0 Å². The molecule has 0 bridgehead atoms. The van der Waals surface area contributed by atoms with E-state index >= 15 is 8.78 Å². The average Bonchev–Trinajstić information content (AvgIpc) is 4.13. The predicted molar refractivity (Wildman–Crippen MR) is 286 cm³/mol. The van der Waals surface area contributed by atoms with Gasteiger partial charge >= 0.3 is 0 Å². The minimum absolute atomic E-state index is 0.354. The third-order valence-corrected chi connectivity index (χ3v) is 13.8. The van der Waals surface area contributed by atoms with Crippen LogP contribution in [0.15, 0.2) is 244 Å². The first-order valence-corrected chi connectivity index (χ1v) is 23.5. The third-order valence-electron chi connectivity index (χ3n) is 13.8. The molecule has 14 aromatic rings. The second-order valence-electron chi connectivity index (χ2n) is 17.8. The Morgan fingerprint density at radius 2 is 0.676 bits per heavy atom. The zero-order valence-corrected chi connectivity index (χ0v) is 37.8. The Hall–Kier alpha value is -9.46. The van der Waals surface area contributed by atoms with Crippen LogP contribution < -0.4 is 9.80 Å². The van der Waals surface area contributed by atoms with Gasteiger partial charge in [0, 0.05) is 60.2 Å². The van der Waals surface area contributed by atoms with Crippen molar-refractivity contribution in [3.63, 3.8) is 0 Å². The van der Waals surface area contributed by atoms with E-state index in [1.807, 2.05) is 84.9 Å². The highest BCUT2D eigenvalue weighted by Crippen LogP contribution is 2.56. The van der Waals surface area contributed by atoms with Crippen LogP contribution in [0.3, 0.4) is 0 Å². The number of nitrogens with zero attached hydrogens (tertiary/aromatic N) is 2. The zero-order valence-electron chi connectivity index (χ0n) is 37.8. The van der Waals surface area contributed by atoms with Crippen molar-refractivity contribution < 1.29 is 22.0 Å². The summed E-state index contributed by atoms with van der Waals surface area (Å²) >= 11 is 0. The Balaban J connectivity index is 1.10. The van der Waals surface area contributed by atoms with Gasteiger partial charge < -0.3 is 23.1 Å². The van der Waals surface area contributed by atoms with Crippen LogP contribution in [0.2, 0.25) is 0 Å². The molecule has 71 heavy (non-hydrogen) atoms. The van der Waals surface area contributed by atoms with Crippen LogP contribution in [0.1, 0.15) is 0 Å². The third kappa shape index (κ3) is 6.37. The van der Waals surface area contributed by atoms with Gasteiger partial charge in [-0.1, -0.05) is 164 Å². The standard InChI is InChI=1S/C64H38F2N2O3/c65-41-31-35-43(36-32-41)67(54-28-13-26-51-49-24-11-22-45(60(49)70-62(51)54)39-15-3-1-4-16-39)58-47-19-7-8-20-48(47)59(64-57(58)53-21-9-10-30-56(53)69-64)68(44-37-33-42(66)34-38-44)55-29-14-27-52-50-25-12-23-46(61(50)71-63(52)55)40-17-5-2-6-18-40/h1-38H. The molecule has 0 saturated carbocycles. The Kier molecular flexibility index (Phi) is 9.19. The van der Waals surface area contributed by atoms with Gasteiger partial charge in [-0.05, 0) is 77.9 Å². The normalized spacial score (nSPS) is 11.8. The maximum absolute atomic E-state index is 15.1. The van der Waals surface area contributed by atoms with Crippen molar-refractivity contribution in [1.29, 1.82) is 0 Å². The molecule has 11 aromatic carbocycles. The molecule has 0 aliphatic rings. The summed E-state index contributed by atoms with van der Waals surface area (Å²) in [5.74, 6) is -0.712. The van der Waals surface area contributed by atoms with E-state index in [9.17, 15) is 0 Å². The Labute approximate surface area is 405 Å². The van der Waals surface area contributed by atoms with E-state index in [0.717, 1.165) is 99.3 Å². The monoisotopic (exact) mass is 920 g/mol. The number of para-hydroxylation sites is 5. The highest BCUT2D eigenvalue weighted by molar-refractivity contribution is 6.29. The zero-order chi connectivity index (χ0) is 47.2. The van der Waals surface area contributed by atoms with E-state index in [-0.39, 0.29) is 11.6 Å². The van der Waals surface area contributed by atoms with Crippen molar-refractivity contribution in [1.82, 2.24) is 0 Å². The Bertz CT molecular complexity index is 4370. The van der Waals surface area contributed by atoms with Crippen molar-refractivity contribution in [2.24, 2.45) is 0 Å². The molecule has 0 aliphatic heterocycles. The fraction of sp³-hybridized carbons (Fsp3) is 0. The number of fused-ring (bicyclic) bond motifs is 10. The molecule has 3 aromatic heterocycles. The summed E-state index contributed by atoms with van der Waals surface area (Å²) in [7, 11) is 0. The molecule has 0 amide bonds. The van der Waals surface area contributed by atoms with Crippen LogP contribution in [0, 0.1) is 11.6 Å². The van der Waals surface area contributed by atoms with Crippen molar-refractivity contribution in [2.75, 3.05) is 9.80 Å². The smallest absolute Gasteiger partial charge is 0.162 e. The molecule has 0 fully saturated rings. The highest BCUT2D eigenvalue weighted by Gasteiger charge is 2.32. The molecule has 0 aliphatic carbocycles. The maximum Gasteiger partial charge on any atom is 0.162 e. The molecule has 0 unspecified atom stereocenters. The molecular formula is C64H38F2N2O3. The van der Waals surface area contributed by atoms with E-state index < -0.39 is 0 Å². The second kappa shape index (κ2) is 16.1. The van der Waals surface area contributed by atoms with E-state index in [1.54, 1.807) is 24.3 Å². The van der Waals surface area contributed by atoms with Gasteiger partial charge in [-0.3, -0.25) is 0 Å². The summed E-state index contributed by atoms with van der Waals surface area (Å²) < 4.78 is 51.6. The van der Waals surface area contributed by atoms with E-state index in [1.165, 1.54) is 24.3 Å². The lowest BCUT2D eigenvalue weighted by Gasteiger charge is -2.31. The lowest BCUT2D eigenvalue weighted by atomic mass is 9.97. The molecule has 5 nitrogen and oxygen atoms in total. The van der Waals surface area contributed by atoms with Crippen LogP contribution >= 0.6 is 0 Å².